The Balaban J connectivity index is 1.49. The molecule has 0 saturated heterocycles. The predicted molar refractivity (Wildman–Crippen MR) is 88.8 cm³/mol. The molecule has 0 bridgehead atoms. The Morgan fingerprint density at radius 1 is 1.18 bits per heavy atom. The Morgan fingerprint density at radius 3 is 2.86 bits per heavy atom. The van der Waals surface area contributed by atoms with Gasteiger partial charge in [0.2, 0.25) is 12.7 Å². The molecule has 0 aromatic heterocycles. The van der Waals surface area contributed by atoms with E-state index in [0.717, 1.165) is 10.6 Å². The zero-order chi connectivity index (χ0) is 15.4. The van der Waals surface area contributed by atoms with E-state index in [-0.39, 0.29) is 12.7 Å². The molecule has 0 atom stereocenters. The van der Waals surface area contributed by atoms with Crippen LogP contribution in [0.1, 0.15) is 5.56 Å². The molecule has 0 fully saturated rings. The maximum Gasteiger partial charge on any atom is 0.234 e. The summed E-state index contributed by atoms with van der Waals surface area (Å²) in [5.41, 5.74) is 1.73. The van der Waals surface area contributed by atoms with Crippen molar-refractivity contribution in [3.63, 3.8) is 0 Å². The van der Waals surface area contributed by atoms with Gasteiger partial charge in [-0.25, -0.2) is 0 Å². The smallest absolute Gasteiger partial charge is 0.234 e. The van der Waals surface area contributed by atoms with E-state index in [0.29, 0.717) is 28.7 Å². The Hall–Kier alpha value is -1.85. The van der Waals surface area contributed by atoms with Crippen LogP contribution in [0.2, 0.25) is 5.02 Å². The molecule has 6 heteroatoms. The second-order valence-electron chi connectivity index (χ2n) is 4.70. The second-order valence-corrected chi connectivity index (χ2v) is 6.09. The Labute approximate surface area is 137 Å². The molecule has 2 aromatic carbocycles. The van der Waals surface area contributed by atoms with Gasteiger partial charge >= 0.3 is 0 Å². The summed E-state index contributed by atoms with van der Waals surface area (Å²) >= 11 is 7.60. The Kier molecular flexibility index (Phi) is 4.75. The fourth-order valence-corrected chi connectivity index (χ4v) is 3.15. The highest BCUT2D eigenvalue weighted by molar-refractivity contribution is 7.99. The normalized spacial score (nSPS) is 12.2. The van der Waals surface area contributed by atoms with Crippen LogP contribution in [0.4, 0.5) is 5.69 Å². The highest BCUT2D eigenvalue weighted by Gasteiger charge is 2.14. The molecule has 0 unspecified atom stereocenters. The molecule has 1 amide bonds. The third-order valence-corrected chi connectivity index (χ3v) is 4.46. The summed E-state index contributed by atoms with van der Waals surface area (Å²) < 4.78 is 10.5. The van der Waals surface area contributed by atoms with Crippen LogP contribution >= 0.6 is 23.4 Å². The molecule has 0 saturated carbocycles. The quantitative estimate of drug-likeness (QED) is 0.899. The summed E-state index contributed by atoms with van der Waals surface area (Å²) in [5.74, 6) is 2.36. The van der Waals surface area contributed by atoms with Gasteiger partial charge in [0.05, 0.1) is 5.75 Å². The Morgan fingerprint density at radius 2 is 2.00 bits per heavy atom. The lowest BCUT2D eigenvalue weighted by molar-refractivity contribution is -0.113. The molecule has 0 aliphatic carbocycles. The number of hydrogen-bond donors (Lipinski definition) is 1. The zero-order valence-corrected chi connectivity index (χ0v) is 13.2. The lowest BCUT2D eigenvalue weighted by Gasteiger charge is -2.07. The van der Waals surface area contributed by atoms with E-state index in [1.807, 2.05) is 24.3 Å². The fraction of sp³-hybridized carbons (Fsp3) is 0.188. The maximum atomic E-state index is 12.0. The van der Waals surface area contributed by atoms with Crippen molar-refractivity contribution >= 4 is 35.0 Å². The molecule has 4 nitrogen and oxygen atoms in total. The van der Waals surface area contributed by atoms with Gasteiger partial charge in [-0.3, -0.25) is 4.79 Å². The molecule has 0 radical (unpaired) electrons. The standard InChI is InChI=1S/C16H14ClNO3S/c17-13-4-2-1-3-11(13)8-22-9-16(19)18-12-5-6-14-15(7-12)21-10-20-14/h1-7H,8-10H2,(H,18,19). The minimum Gasteiger partial charge on any atom is -0.454 e. The van der Waals surface area contributed by atoms with E-state index < -0.39 is 0 Å². The number of halogens is 1. The zero-order valence-electron chi connectivity index (χ0n) is 11.7. The minimum absolute atomic E-state index is 0.0593. The average molecular weight is 336 g/mol. The van der Waals surface area contributed by atoms with Crippen LogP contribution in [0.3, 0.4) is 0 Å². The molecule has 22 heavy (non-hydrogen) atoms. The van der Waals surface area contributed by atoms with Crippen LogP contribution < -0.4 is 14.8 Å². The summed E-state index contributed by atoms with van der Waals surface area (Å²) in [6.45, 7) is 0.223. The van der Waals surface area contributed by atoms with E-state index in [2.05, 4.69) is 5.32 Å². The third kappa shape index (κ3) is 3.67. The van der Waals surface area contributed by atoms with Crippen LogP contribution in [0.15, 0.2) is 42.5 Å². The number of rotatable bonds is 5. The van der Waals surface area contributed by atoms with Crippen LogP contribution in [0, 0.1) is 0 Å². The first-order valence-electron chi connectivity index (χ1n) is 6.73. The molecule has 0 spiro atoms. The molecular weight excluding hydrogens is 322 g/mol. The van der Waals surface area contributed by atoms with Crippen molar-refractivity contribution in [1.29, 1.82) is 0 Å². The lowest BCUT2D eigenvalue weighted by atomic mass is 10.2. The predicted octanol–water partition coefficient (Wildman–Crippen LogP) is 3.94. The van der Waals surface area contributed by atoms with Crippen LogP contribution in [0.5, 0.6) is 11.5 Å². The number of ether oxygens (including phenoxy) is 2. The minimum atomic E-state index is -0.0593. The van der Waals surface area contributed by atoms with Crippen LogP contribution in [0.25, 0.3) is 0 Å². The van der Waals surface area contributed by atoms with Crippen molar-refractivity contribution < 1.29 is 14.3 Å². The SMILES string of the molecule is O=C(CSCc1ccccc1Cl)Nc1ccc2c(c1)OCO2. The van der Waals surface area contributed by atoms with E-state index >= 15 is 0 Å². The van der Waals surface area contributed by atoms with Crippen molar-refractivity contribution in [3.8, 4) is 11.5 Å². The highest BCUT2D eigenvalue weighted by Crippen LogP contribution is 2.34. The first-order valence-corrected chi connectivity index (χ1v) is 8.26. The van der Waals surface area contributed by atoms with E-state index in [4.69, 9.17) is 21.1 Å². The van der Waals surface area contributed by atoms with E-state index in [9.17, 15) is 4.79 Å². The van der Waals surface area contributed by atoms with Crippen LogP contribution in [-0.2, 0) is 10.5 Å². The van der Waals surface area contributed by atoms with Crippen molar-refractivity contribution in [2.45, 2.75) is 5.75 Å². The summed E-state index contributed by atoms with van der Waals surface area (Å²) in [5, 5.41) is 3.57. The summed E-state index contributed by atoms with van der Waals surface area (Å²) in [4.78, 5) is 12.0. The summed E-state index contributed by atoms with van der Waals surface area (Å²) in [6.07, 6.45) is 0. The molecule has 1 N–H and O–H groups in total. The largest absolute Gasteiger partial charge is 0.454 e. The van der Waals surface area contributed by atoms with E-state index in [1.165, 1.54) is 11.8 Å². The Bertz CT molecular complexity index is 693. The molecule has 3 rings (SSSR count). The molecule has 2 aromatic rings. The van der Waals surface area contributed by atoms with Gasteiger partial charge < -0.3 is 14.8 Å². The molecular formula is C16H14ClNO3S. The van der Waals surface area contributed by atoms with Gasteiger partial charge in [0, 0.05) is 22.5 Å². The van der Waals surface area contributed by atoms with Gasteiger partial charge in [0.1, 0.15) is 0 Å². The fourth-order valence-electron chi connectivity index (χ4n) is 2.04. The van der Waals surface area contributed by atoms with Crippen molar-refractivity contribution in [3.05, 3.63) is 53.1 Å². The first-order chi connectivity index (χ1) is 10.7. The number of hydrogen-bond acceptors (Lipinski definition) is 4. The lowest BCUT2D eigenvalue weighted by Crippen LogP contribution is -2.14. The molecule has 1 aliphatic rings. The number of carbonyl (C=O) groups excluding carboxylic acids is 1. The number of benzene rings is 2. The summed E-state index contributed by atoms with van der Waals surface area (Å²) in [7, 11) is 0. The van der Waals surface area contributed by atoms with Crippen molar-refractivity contribution in [2.24, 2.45) is 0 Å². The van der Waals surface area contributed by atoms with Gasteiger partial charge in [0.25, 0.3) is 0 Å². The number of nitrogens with one attached hydrogen (secondary N) is 1. The monoisotopic (exact) mass is 335 g/mol. The van der Waals surface area contributed by atoms with E-state index in [1.54, 1.807) is 18.2 Å². The van der Waals surface area contributed by atoms with Gasteiger partial charge in [0.15, 0.2) is 11.5 Å². The second kappa shape index (κ2) is 6.94. The number of thioether (sulfide) groups is 1. The number of anilines is 1. The van der Waals surface area contributed by atoms with Crippen molar-refractivity contribution in [2.75, 3.05) is 17.9 Å². The number of fused-ring (bicyclic) bond motifs is 1. The van der Waals surface area contributed by atoms with Crippen molar-refractivity contribution in [1.82, 2.24) is 0 Å². The molecule has 114 valence electrons. The maximum absolute atomic E-state index is 12.0. The summed E-state index contributed by atoms with van der Waals surface area (Å²) in [6, 6.07) is 13.0. The van der Waals surface area contributed by atoms with Gasteiger partial charge in [-0.15, -0.1) is 11.8 Å². The topological polar surface area (TPSA) is 47.6 Å². The van der Waals surface area contributed by atoms with Gasteiger partial charge in [-0.2, -0.15) is 0 Å². The third-order valence-electron chi connectivity index (χ3n) is 3.10. The number of amides is 1. The first kappa shape index (κ1) is 15.1. The molecule has 1 aliphatic heterocycles. The van der Waals surface area contributed by atoms with Gasteiger partial charge in [-0.05, 0) is 23.8 Å². The molecule has 1 heterocycles. The number of carbonyl (C=O) groups is 1. The highest BCUT2D eigenvalue weighted by atomic mass is 35.5. The van der Waals surface area contributed by atoms with Gasteiger partial charge in [-0.1, -0.05) is 29.8 Å². The van der Waals surface area contributed by atoms with Crippen LogP contribution in [-0.4, -0.2) is 18.5 Å². The average Bonchev–Trinajstić information content (AvgIpc) is 2.97.